The van der Waals surface area contributed by atoms with E-state index in [1.54, 1.807) is 0 Å². The van der Waals surface area contributed by atoms with Crippen LogP contribution in [-0.2, 0) is 11.2 Å². The minimum Gasteiger partial charge on any atom is -0.478 e. The van der Waals surface area contributed by atoms with Gasteiger partial charge >= 0.3 is 5.97 Å². The molecule has 0 aliphatic heterocycles. The minimum absolute atomic E-state index is 0.779. The molecule has 0 amide bonds. The van der Waals surface area contributed by atoms with Gasteiger partial charge in [-0.3, -0.25) is 0 Å². The molecule has 2 N–H and O–H groups in total. The molecular formula is C13H16O3. The first-order valence-electron chi connectivity index (χ1n) is 5.32. The molecule has 0 saturated carbocycles. The third-order valence-electron chi connectivity index (χ3n) is 2.31. The summed E-state index contributed by atoms with van der Waals surface area (Å²) in [6.07, 6.45) is 3.28. The molecule has 1 aromatic rings. The first-order valence-corrected chi connectivity index (χ1v) is 5.32. The van der Waals surface area contributed by atoms with E-state index in [9.17, 15) is 9.90 Å². The zero-order valence-corrected chi connectivity index (χ0v) is 9.26. The van der Waals surface area contributed by atoms with Gasteiger partial charge < -0.3 is 10.2 Å². The van der Waals surface area contributed by atoms with Crippen LogP contribution in [0.5, 0.6) is 0 Å². The molecule has 1 aromatic carbocycles. The Morgan fingerprint density at radius 2 is 2.12 bits per heavy atom. The van der Waals surface area contributed by atoms with Crippen molar-refractivity contribution in [2.75, 3.05) is 0 Å². The van der Waals surface area contributed by atoms with Gasteiger partial charge in [0.05, 0.1) is 6.10 Å². The molecule has 86 valence electrons. The highest BCUT2D eigenvalue weighted by Crippen LogP contribution is 2.20. The van der Waals surface area contributed by atoms with Crippen LogP contribution in [0.1, 0.15) is 30.6 Å². The molecule has 0 aromatic heterocycles. The van der Waals surface area contributed by atoms with Crippen molar-refractivity contribution in [2.24, 2.45) is 0 Å². The summed E-state index contributed by atoms with van der Waals surface area (Å²) in [4.78, 5) is 10.3. The summed E-state index contributed by atoms with van der Waals surface area (Å²) in [5.74, 6) is -1.05. The van der Waals surface area contributed by atoms with Gasteiger partial charge in [0, 0.05) is 6.08 Å². The van der Waals surface area contributed by atoms with Gasteiger partial charge in [-0.05, 0) is 23.6 Å². The summed E-state index contributed by atoms with van der Waals surface area (Å²) in [6, 6.07) is 7.53. The monoisotopic (exact) mass is 220 g/mol. The van der Waals surface area contributed by atoms with Gasteiger partial charge in [-0.25, -0.2) is 4.79 Å². The maximum Gasteiger partial charge on any atom is 0.328 e. The predicted molar refractivity (Wildman–Crippen MR) is 62.2 cm³/mol. The summed E-state index contributed by atoms with van der Waals surface area (Å²) in [7, 11) is 0. The number of aliphatic carboxylic acids is 1. The Bertz CT molecular complexity index is 383. The molecule has 3 heteroatoms. The Labute approximate surface area is 95.0 Å². The summed E-state index contributed by atoms with van der Waals surface area (Å²) < 4.78 is 0. The molecule has 1 unspecified atom stereocenters. The lowest BCUT2D eigenvalue weighted by Crippen LogP contribution is -2.00. The third-order valence-corrected chi connectivity index (χ3v) is 2.31. The number of carboxylic acid groups (broad SMARTS) is 1. The van der Waals surface area contributed by atoms with Gasteiger partial charge in [-0.15, -0.1) is 0 Å². The number of aliphatic hydroxyl groups is 1. The van der Waals surface area contributed by atoms with Crippen LogP contribution < -0.4 is 0 Å². The van der Waals surface area contributed by atoms with E-state index >= 15 is 0 Å². The maximum absolute atomic E-state index is 10.3. The molecule has 0 aliphatic carbocycles. The van der Waals surface area contributed by atoms with E-state index in [1.165, 1.54) is 6.08 Å². The van der Waals surface area contributed by atoms with E-state index < -0.39 is 12.1 Å². The molecule has 0 radical (unpaired) electrons. The van der Waals surface area contributed by atoms with Crippen LogP contribution in [0.2, 0.25) is 0 Å². The highest BCUT2D eigenvalue weighted by atomic mass is 16.4. The number of benzene rings is 1. The van der Waals surface area contributed by atoms with Crippen LogP contribution in [0.15, 0.2) is 36.4 Å². The number of rotatable bonds is 5. The van der Waals surface area contributed by atoms with Gasteiger partial charge in [0.25, 0.3) is 0 Å². The Morgan fingerprint density at radius 3 is 2.75 bits per heavy atom. The average molecular weight is 220 g/mol. The van der Waals surface area contributed by atoms with E-state index in [0.717, 1.165) is 30.0 Å². The van der Waals surface area contributed by atoms with Crippen molar-refractivity contribution in [2.45, 2.75) is 25.9 Å². The van der Waals surface area contributed by atoms with E-state index in [1.807, 2.05) is 24.3 Å². The smallest absolute Gasteiger partial charge is 0.328 e. The Kier molecular flexibility index (Phi) is 4.73. The molecule has 0 aliphatic rings. The summed E-state index contributed by atoms with van der Waals surface area (Å²) in [6.45, 7) is 2.07. The highest BCUT2D eigenvalue weighted by Gasteiger charge is 2.08. The number of carboxylic acids is 1. The normalized spacial score (nSPS) is 12.9. The van der Waals surface area contributed by atoms with Crippen molar-refractivity contribution in [3.63, 3.8) is 0 Å². The van der Waals surface area contributed by atoms with Gasteiger partial charge in [0.2, 0.25) is 0 Å². The summed E-state index contributed by atoms with van der Waals surface area (Å²) in [5.41, 5.74) is 1.84. The number of aliphatic hydroxyl groups excluding tert-OH is 1. The van der Waals surface area contributed by atoms with Crippen LogP contribution in [-0.4, -0.2) is 16.2 Å². The van der Waals surface area contributed by atoms with E-state index in [0.29, 0.717) is 0 Å². The fourth-order valence-electron chi connectivity index (χ4n) is 1.60. The zero-order valence-electron chi connectivity index (χ0n) is 9.26. The van der Waals surface area contributed by atoms with Gasteiger partial charge in [-0.1, -0.05) is 37.6 Å². The Balaban J connectivity index is 2.89. The molecule has 3 nitrogen and oxygen atoms in total. The van der Waals surface area contributed by atoms with Gasteiger partial charge in [0.1, 0.15) is 0 Å². The minimum atomic E-state index is -1.05. The molecule has 0 fully saturated rings. The van der Waals surface area contributed by atoms with Crippen molar-refractivity contribution >= 4 is 5.97 Å². The van der Waals surface area contributed by atoms with Crippen LogP contribution in [0.4, 0.5) is 0 Å². The second-order valence-corrected chi connectivity index (χ2v) is 3.59. The summed E-state index contributed by atoms with van der Waals surface area (Å²) in [5, 5.41) is 18.3. The molecule has 0 saturated heterocycles. The zero-order chi connectivity index (χ0) is 12.0. The van der Waals surface area contributed by atoms with Crippen molar-refractivity contribution in [3.8, 4) is 0 Å². The quantitative estimate of drug-likeness (QED) is 0.749. The molecule has 0 spiro atoms. The van der Waals surface area contributed by atoms with E-state index in [4.69, 9.17) is 5.11 Å². The molecular weight excluding hydrogens is 204 g/mol. The van der Waals surface area contributed by atoms with Crippen molar-refractivity contribution in [3.05, 3.63) is 47.5 Å². The van der Waals surface area contributed by atoms with Crippen LogP contribution in [0.3, 0.4) is 0 Å². The standard InChI is InChI=1S/C13H16O3/c1-2-5-10-6-3-4-7-11(10)12(14)8-9-13(15)16/h3-4,6-9,12,14H,2,5H2,1H3,(H,15,16)/b9-8+. The lowest BCUT2D eigenvalue weighted by molar-refractivity contribution is -0.131. The molecule has 0 bridgehead atoms. The number of hydrogen-bond acceptors (Lipinski definition) is 2. The number of carbonyl (C=O) groups is 1. The summed E-state index contributed by atoms with van der Waals surface area (Å²) >= 11 is 0. The average Bonchev–Trinajstić information content (AvgIpc) is 2.27. The van der Waals surface area contributed by atoms with Crippen molar-refractivity contribution in [1.82, 2.24) is 0 Å². The SMILES string of the molecule is CCCc1ccccc1C(O)/C=C/C(=O)O. The van der Waals surface area contributed by atoms with E-state index in [2.05, 4.69) is 6.92 Å². The van der Waals surface area contributed by atoms with Crippen molar-refractivity contribution in [1.29, 1.82) is 0 Å². The third kappa shape index (κ3) is 3.51. The van der Waals surface area contributed by atoms with Crippen molar-refractivity contribution < 1.29 is 15.0 Å². The first kappa shape index (κ1) is 12.5. The molecule has 0 heterocycles. The largest absolute Gasteiger partial charge is 0.478 e. The van der Waals surface area contributed by atoms with Crippen LogP contribution in [0.25, 0.3) is 0 Å². The highest BCUT2D eigenvalue weighted by molar-refractivity contribution is 5.79. The fourth-order valence-corrected chi connectivity index (χ4v) is 1.60. The van der Waals surface area contributed by atoms with Crippen LogP contribution in [0, 0.1) is 0 Å². The molecule has 1 atom stereocenters. The maximum atomic E-state index is 10.3. The first-order chi connectivity index (χ1) is 7.65. The second-order valence-electron chi connectivity index (χ2n) is 3.59. The number of hydrogen-bond donors (Lipinski definition) is 2. The fraction of sp³-hybridized carbons (Fsp3) is 0.308. The second kappa shape index (κ2) is 6.08. The molecule has 1 rings (SSSR count). The van der Waals surface area contributed by atoms with Gasteiger partial charge in [-0.2, -0.15) is 0 Å². The van der Waals surface area contributed by atoms with Gasteiger partial charge in [0.15, 0.2) is 0 Å². The Morgan fingerprint density at radius 1 is 1.44 bits per heavy atom. The lowest BCUT2D eigenvalue weighted by atomic mass is 9.99. The Hall–Kier alpha value is -1.61. The predicted octanol–water partition coefficient (Wildman–Crippen LogP) is 2.31. The van der Waals surface area contributed by atoms with E-state index in [-0.39, 0.29) is 0 Å². The lowest BCUT2D eigenvalue weighted by Gasteiger charge is -2.11. The topological polar surface area (TPSA) is 57.5 Å². The number of aryl methyl sites for hydroxylation is 1. The molecule has 16 heavy (non-hydrogen) atoms. The van der Waals surface area contributed by atoms with Crippen LogP contribution >= 0.6 is 0 Å².